The summed E-state index contributed by atoms with van der Waals surface area (Å²) in [5.74, 6) is -1.96. The number of hydrogen-bond donors (Lipinski definition) is 1. The molecule has 8 heteroatoms. The van der Waals surface area contributed by atoms with E-state index in [1.54, 1.807) is 32.0 Å². The predicted octanol–water partition coefficient (Wildman–Crippen LogP) is 2.34. The number of benzene rings is 2. The second kappa shape index (κ2) is 5.59. The molecule has 2 aromatic rings. The molecule has 130 valence electrons. The lowest BCUT2D eigenvalue weighted by molar-refractivity contribution is 0.0697. The van der Waals surface area contributed by atoms with Crippen molar-refractivity contribution < 1.29 is 23.1 Å². The maximum atomic E-state index is 13.0. The molecule has 0 saturated heterocycles. The molecule has 0 spiro atoms. The minimum atomic E-state index is -4.13. The molecule has 7 nitrogen and oxygen atoms in total. The van der Waals surface area contributed by atoms with Crippen molar-refractivity contribution in [2.75, 3.05) is 15.7 Å². The van der Waals surface area contributed by atoms with E-state index in [-0.39, 0.29) is 22.5 Å². The van der Waals surface area contributed by atoms with Crippen LogP contribution in [0.5, 0.6) is 0 Å². The van der Waals surface area contributed by atoms with E-state index in [1.165, 1.54) is 25.2 Å². The molecule has 0 saturated carbocycles. The van der Waals surface area contributed by atoms with Gasteiger partial charge in [0.15, 0.2) is 0 Å². The lowest BCUT2D eigenvalue weighted by Gasteiger charge is -2.36. The maximum absolute atomic E-state index is 13.0. The van der Waals surface area contributed by atoms with Gasteiger partial charge in [-0.25, -0.2) is 4.79 Å². The Morgan fingerprint density at radius 3 is 2.24 bits per heavy atom. The van der Waals surface area contributed by atoms with Crippen molar-refractivity contribution in [3.8, 4) is 0 Å². The summed E-state index contributed by atoms with van der Waals surface area (Å²) in [5, 5.41) is 9.16. The quantitative estimate of drug-likeness (QED) is 0.887. The van der Waals surface area contributed by atoms with Gasteiger partial charge >= 0.3 is 16.2 Å². The number of para-hydroxylation sites is 1. The second-order valence-electron chi connectivity index (χ2n) is 5.82. The lowest BCUT2D eigenvalue weighted by atomic mass is 10.1. The Bertz CT molecular complexity index is 993. The molecule has 1 aliphatic heterocycles. The van der Waals surface area contributed by atoms with E-state index in [1.807, 2.05) is 0 Å². The van der Waals surface area contributed by atoms with E-state index >= 15 is 0 Å². The molecule has 1 amide bonds. The molecule has 0 unspecified atom stereocenters. The van der Waals surface area contributed by atoms with Crippen LogP contribution in [0.4, 0.5) is 11.4 Å². The Morgan fingerprint density at radius 2 is 1.68 bits per heavy atom. The van der Waals surface area contributed by atoms with Gasteiger partial charge in [-0.3, -0.25) is 9.10 Å². The highest BCUT2D eigenvalue weighted by Crippen LogP contribution is 2.37. The maximum Gasteiger partial charge on any atom is 0.335 e. The van der Waals surface area contributed by atoms with Gasteiger partial charge in [0.1, 0.15) is 0 Å². The van der Waals surface area contributed by atoms with Crippen LogP contribution in [0, 0.1) is 13.8 Å². The normalized spacial score (nSPS) is 15.9. The number of hydrogen-bond acceptors (Lipinski definition) is 4. The highest BCUT2D eigenvalue weighted by atomic mass is 32.2. The van der Waals surface area contributed by atoms with Crippen molar-refractivity contribution in [1.29, 1.82) is 0 Å². The van der Waals surface area contributed by atoms with E-state index in [9.17, 15) is 18.0 Å². The standard InChI is InChI=1S/C17H16N2O5S/c1-10-5-4-6-11(2)15(10)19-16(20)13-9-12(17(21)22)7-8-14(13)18(3)25(19,23)24/h4-9H,1-3H3,(H,21,22). The fraction of sp³-hybridized carbons (Fsp3) is 0.176. The topological polar surface area (TPSA) is 95.0 Å². The summed E-state index contributed by atoms with van der Waals surface area (Å²) in [6, 6.07) is 9.01. The van der Waals surface area contributed by atoms with Gasteiger partial charge in [-0.15, -0.1) is 0 Å². The summed E-state index contributed by atoms with van der Waals surface area (Å²) in [6.45, 7) is 3.43. The summed E-state index contributed by atoms with van der Waals surface area (Å²) in [5.41, 5.74) is 1.63. The third kappa shape index (κ3) is 2.45. The number of carboxylic acid groups (broad SMARTS) is 1. The average molecular weight is 360 g/mol. The zero-order valence-corrected chi connectivity index (χ0v) is 14.7. The number of aryl methyl sites for hydroxylation is 2. The fourth-order valence-electron chi connectivity index (χ4n) is 2.92. The van der Waals surface area contributed by atoms with Crippen LogP contribution in [-0.4, -0.2) is 32.4 Å². The van der Waals surface area contributed by atoms with Crippen molar-refractivity contribution in [2.45, 2.75) is 13.8 Å². The fourth-order valence-corrected chi connectivity index (χ4v) is 4.40. The van der Waals surface area contributed by atoms with Gasteiger partial charge in [0.05, 0.1) is 22.5 Å². The molecular weight excluding hydrogens is 344 g/mol. The third-order valence-electron chi connectivity index (χ3n) is 4.22. The number of amides is 1. The molecule has 0 bridgehead atoms. The molecular formula is C17H16N2O5S. The second-order valence-corrected chi connectivity index (χ2v) is 7.63. The molecule has 0 radical (unpaired) electrons. The van der Waals surface area contributed by atoms with Crippen molar-refractivity contribution in [1.82, 2.24) is 0 Å². The third-order valence-corrected chi connectivity index (χ3v) is 5.92. The molecule has 1 aliphatic rings. The first kappa shape index (κ1) is 17.0. The predicted molar refractivity (Wildman–Crippen MR) is 93.4 cm³/mol. The van der Waals surface area contributed by atoms with Crippen molar-refractivity contribution in [3.63, 3.8) is 0 Å². The van der Waals surface area contributed by atoms with Gasteiger partial charge in [-0.05, 0) is 43.2 Å². The Kier molecular flexibility index (Phi) is 3.80. The van der Waals surface area contributed by atoms with Crippen LogP contribution >= 0.6 is 0 Å². The number of anilines is 2. The molecule has 0 fully saturated rings. The van der Waals surface area contributed by atoms with E-state index in [0.29, 0.717) is 11.1 Å². The summed E-state index contributed by atoms with van der Waals surface area (Å²) >= 11 is 0. The van der Waals surface area contributed by atoms with Gasteiger partial charge in [-0.1, -0.05) is 18.2 Å². The number of rotatable bonds is 2. The van der Waals surface area contributed by atoms with Crippen LogP contribution in [-0.2, 0) is 10.2 Å². The number of carboxylic acids is 1. The number of aromatic carboxylic acids is 1. The van der Waals surface area contributed by atoms with Crippen molar-refractivity contribution >= 4 is 33.5 Å². The largest absolute Gasteiger partial charge is 0.478 e. The summed E-state index contributed by atoms with van der Waals surface area (Å²) < 4.78 is 27.6. The van der Waals surface area contributed by atoms with E-state index < -0.39 is 22.1 Å². The minimum absolute atomic E-state index is 0.0277. The zero-order valence-electron chi connectivity index (χ0n) is 13.8. The first-order chi connectivity index (χ1) is 11.7. The van der Waals surface area contributed by atoms with E-state index in [2.05, 4.69) is 0 Å². The number of nitrogens with zero attached hydrogens (tertiary/aromatic N) is 2. The lowest BCUT2D eigenvalue weighted by Crippen LogP contribution is -2.50. The number of fused-ring (bicyclic) bond motifs is 1. The Morgan fingerprint density at radius 1 is 1.08 bits per heavy atom. The number of carbonyl (C=O) groups excluding carboxylic acids is 1. The monoisotopic (exact) mass is 360 g/mol. The molecule has 0 atom stereocenters. The number of carbonyl (C=O) groups is 2. The van der Waals surface area contributed by atoms with Gasteiger partial charge in [0, 0.05) is 7.05 Å². The molecule has 0 aliphatic carbocycles. The minimum Gasteiger partial charge on any atom is -0.478 e. The summed E-state index contributed by atoms with van der Waals surface area (Å²) in [7, 11) is -2.79. The van der Waals surface area contributed by atoms with Crippen LogP contribution in [0.2, 0.25) is 0 Å². The van der Waals surface area contributed by atoms with Gasteiger partial charge in [0.25, 0.3) is 5.91 Å². The van der Waals surface area contributed by atoms with Crippen LogP contribution in [0.15, 0.2) is 36.4 Å². The Balaban J connectivity index is 2.31. The molecule has 3 rings (SSSR count). The van der Waals surface area contributed by atoms with Gasteiger partial charge in [0.2, 0.25) is 0 Å². The van der Waals surface area contributed by atoms with Gasteiger partial charge in [-0.2, -0.15) is 12.7 Å². The summed E-state index contributed by atoms with van der Waals surface area (Å²) in [4.78, 5) is 24.2. The Hall–Kier alpha value is -2.87. The highest BCUT2D eigenvalue weighted by molar-refractivity contribution is 7.95. The van der Waals surface area contributed by atoms with E-state index in [0.717, 1.165) is 8.61 Å². The average Bonchev–Trinajstić information content (AvgIpc) is 2.55. The van der Waals surface area contributed by atoms with Crippen molar-refractivity contribution in [2.24, 2.45) is 0 Å². The van der Waals surface area contributed by atoms with Crippen molar-refractivity contribution in [3.05, 3.63) is 58.7 Å². The molecule has 1 heterocycles. The first-order valence-electron chi connectivity index (χ1n) is 7.43. The van der Waals surface area contributed by atoms with Crippen LogP contribution in [0.3, 0.4) is 0 Å². The summed E-state index contributed by atoms with van der Waals surface area (Å²) in [6.07, 6.45) is 0. The Labute approximate surface area is 145 Å². The highest BCUT2D eigenvalue weighted by Gasteiger charge is 2.42. The SMILES string of the molecule is Cc1cccc(C)c1N1C(=O)c2cc(C(=O)O)ccc2N(C)S1(=O)=O. The van der Waals surface area contributed by atoms with Gasteiger partial charge < -0.3 is 5.11 Å². The smallest absolute Gasteiger partial charge is 0.335 e. The molecule has 0 aromatic heterocycles. The molecule has 1 N–H and O–H groups in total. The van der Waals surface area contributed by atoms with E-state index in [4.69, 9.17) is 5.11 Å². The van der Waals surface area contributed by atoms with Crippen LogP contribution < -0.4 is 8.61 Å². The molecule has 25 heavy (non-hydrogen) atoms. The van der Waals surface area contributed by atoms with Crippen LogP contribution in [0.1, 0.15) is 31.8 Å². The molecule has 2 aromatic carbocycles. The van der Waals surface area contributed by atoms with Crippen LogP contribution in [0.25, 0.3) is 0 Å². The zero-order chi connectivity index (χ0) is 18.5. The first-order valence-corrected chi connectivity index (χ1v) is 8.83.